The molecular formula is C80H56N6. The fraction of sp³-hybridized carbons (Fsp3) is 0.0500. The molecule has 0 saturated carbocycles. The Balaban J connectivity index is 0.910. The molecule has 0 radical (unpaired) electrons. The fourth-order valence-electron chi connectivity index (χ4n) is 13.4. The Hall–Kier alpha value is -11.1. The summed E-state index contributed by atoms with van der Waals surface area (Å²) >= 11 is 0. The van der Waals surface area contributed by atoms with Crippen LogP contribution in [-0.2, 0) is 12.8 Å². The van der Waals surface area contributed by atoms with Crippen molar-refractivity contribution in [1.29, 1.82) is 0 Å². The second-order valence-corrected chi connectivity index (χ2v) is 22.2. The standard InChI is InChI=1S/C80H56N6/c1-3-75-83-71-22-9-11-24-73(71)85(75)60-40-34-55(35-41-60)77-62-17-5-7-19-64(62)79(53-30-26-51(27-31-53)59-16-15-46-81-50-59)68-48-57(38-44-66(68)77)58-39-45-67-69(49-58)80(54-32-28-52(29-33-54)70-21-13-14-47-82-70)65-20-8-6-18-63(65)78(67)56-36-42-61(43-37-56)86-74-25-12-10-23-72(74)84-76(86)4-2/h5-50H,3-4H2,1-2H3. The van der Waals surface area contributed by atoms with Crippen molar-refractivity contribution in [2.75, 3.05) is 0 Å². The van der Waals surface area contributed by atoms with Crippen molar-refractivity contribution >= 4 is 65.2 Å². The van der Waals surface area contributed by atoms with Crippen LogP contribution in [0.5, 0.6) is 0 Å². The molecule has 0 aliphatic rings. The molecule has 0 unspecified atom stereocenters. The minimum Gasteiger partial charge on any atom is -0.296 e. The lowest BCUT2D eigenvalue weighted by Gasteiger charge is -2.20. The minimum atomic E-state index is 0.827. The highest BCUT2D eigenvalue weighted by molar-refractivity contribution is 6.24. The van der Waals surface area contributed by atoms with E-state index in [0.717, 1.165) is 114 Å². The molecule has 86 heavy (non-hydrogen) atoms. The van der Waals surface area contributed by atoms with Gasteiger partial charge in [-0.25, -0.2) is 9.97 Å². The number of rotatable bonds is 11. The smallest absolute Gasteiger partial charge is 0.114 e. The van der Waals surface area contributed by atoms with Gasteiger partial charge in [0.1, 0.15) is 11.6 Å². The Kier molecular flexibility index (Phi) is 12.3. The van der Waals surface area contributed by atoms with Crippen LogP contribution in [0.4, 0.5) is 0 Å². The number of para-hydroxylation sites is 4. The molecule has 0 N–H and O–H groups in total. The summed E-state index contributed by atoms with van der Waals surface area (Å²) in [5, 5.41) is 9.54. The zero-order chi connectivity index (χ0) is 57.2. The molecular weight excluding hydrogens is 1040 g/mol. The molecule has 0 fully saturated rings. The molecule has 12 aromatic carbocycles. The van der Waals surface area contributed by atoms with Crippen molar-refractivity contribution in [2.45, 2.75) is 26.7 Å². The summed E-state index contributed by atoms with van der Waals surface area (Å²) in [7, 11) is 0. The highest BCUT2D eigenvalue weighted by Crippen LogP contribution is 2.48. The van der Waals surface area contributed by atoms with Gasteiger partial charge >= 0.3 is 0 Å². The van der Waals surface area contributed by atoms with Crippen molar-refractivity contribution in [2.24, 2.45) is 0 Å². The number of aryl methyl sites for hydroxylation is 2. The van der Waals surface area contributed by atoms with Gasteiger partial charge in [0.25, 0.3) is 0 Å². The maximum Gasteiger partial charge on any atom is 0.114 e. The van der Waals surface area contributed by atoms with Gasteiger partial charge in [-0.2, -0.15) is 0 Å². The third-order valence-electron chi connectivity index (χ3n) is 17.4. The minimum absolute atomic E-state index is 0.827. The molecule has 0 aliphatic heterocycles. The Morgan fingerprint density at radius 1 is 0.291 bits per heavy atom. The highest BCUT2D eigenvalue weighted by Gasteiger charge is 2.22. The first-order valence-corrected chi connectivity index (χ1v) is 29.7. The zero-order valence-corrected chi connectivity index (χ0v) is 47.7. The SMILES string of the molecule is CCc1nc2ccccc2n1-c1ccc(-c2c3ccccc3c(-c3ccc(-c4cccnc4)cc3)c3cc(-c4ccc5c(-c6ccc(-n7c(CC)nc8ccccc87)cc6)c6ccccc6c(-c6ccc(-c7ccccn7)cc6)c5c4)ccc23)cc1. The molecule has 0 saturated heterocycles. The van der Waals surface area contributed by atoms with E-state index in [9.17, 15) is 0 Å². The van der Waals surface area contributed by atoms with Crippen LogP contribution in [0.1, 0.15) is 25.5 Å². The van der Waals surface area contributed by atoms with Gasteiger partial charge < -0.3 is 0 Å². The molecule has 16 rings (SSSR count). The largest absolute Gasteiger partial charge is 0.296 e. The van der Waals surface area contributed by atoms with Gasteiger partial charge in [0.2, 0.25) is 0 Å². The number of hydrogen-bond donors (Lipinski definition) is 0. The van der Waals surface area contributed by atoms with E-state index < -0.39 is 0 Å². The predicted octanol–water partition coefficient (Wildman–Crippen LogP) is 20.6. The number of hydrogen-bond acceptors (Lipinski definition) is 4. The quantitative estimate of drug-likeness (QED) is 0.121. The third-order valence-corrected chi connectivity index (χ3v) is 17.4. The van der Waals surface area contributed by atoms with Gasteiger partial charge in [-0.15, -0.1) is 0 Å². The van der Waals surface area contributed by atoms with Crippen molar-refractivity contribution in [3.05, 3.63) is 291 Å². The summed E-state index contributed by atoms with van der Waals surface area (Å²) in [5.74, 6) is 2.09. The number of imidazole rings is 2. The van der Waals surface area contributed by atoms with Gasteiger partial charge in [-0.05, 0) is 189 Å². The maximum atomic E-state index is 5.02. The Morgan fingerprint density at radius 2 is 0.674 bits per heavy atom. The van der Waals surface area contributed by atoms with E-state index in [4.69, 9.17) is 15.0 Å². The second kappa shape index (κ2) is 21.0. The summed E-state index contributed by atoms with van der Waals surface area (Å²) in [5.41, 5.74) is 22.4. The normalized spacial score (nSPS) is 11.7. The molecule has 4 aromatic heterocycles. The number of benzene rings is 12. The first-order valence-electron chi connectivity index (χ1n) is 29.7. The van der Waals surface area contributed by atoms with Crippen LogP contribution < -0.4 is 0 Å². The van der Waals surface area contributed by atoms with Gasteiger partial charge in [0.15, 0.2) is 0 Å². The molecule has 4 heterocycles. The second-order valence-electron chi connectivity index (χ2n) is 22.2. The maximum absolute atomic E-state index is 5.02. The van der Waals surface area contributed by atoms with Crippen molar-refractivity contribution in [3.63, 3.8) is 0 Å². The number of aromatic nitrogens is 6. The van der Waals surface area contributed by atoms with Crippen LogP contribution in [0.3, 0.4) is 0 Å². The summed E-state index contributed by atoms with van der Waals surface area (Å²) < 4.78 is 4.61. The van der Waals surface area contributed by atoms with Crippen LogP contribution in [0, 0.1) is 0 Å². The van der Waals surface area contributed by atoms with Gasteiger partial charge in [0, 0.05) is 48.4 Å². The van der Waals surface area contributed by atoms with E-state index in [2.05, 4.69) is 271 Å². The molecule has 406 valence electrons. The summed E-state index contributed by atoms with van der Waals surface area (Å²) in [6.45, 7) is 4.36. The topological polar surface area (TPSA) is 61.4 Å². The van der Waals surface area contributed by atoms with E-state index in [1.807, 2.05) is 36.8 Å². The molecule has 6 heteroatoms. The van der Waals surface area contributed by atoms with Crippen molar-refractivity contribution < 1.29 is 0 Å². The van der Waals surface area contributed by atoms with E-state index in [1.165, 1.54) is 65.3 Å². The lowest BCUT2D eigenvalue weighted by atomic mass is 9.83. The highest BCUT2D eigenvalue weighted by atomic mass is 15.1. The molecule has 0 atom stereocenters. The number of nitrogens with zero attached hydrogens (tertiary/aromatic N) is 6. The molecule has 0 amide bonds. The van der Waals surface area contributed by atoms with E-state index in [1.54, 1.807) is 0 Å². The average Bonchev–Trinajstić information content (AvgIpc) is 1.21. The van der Waals surface area contributed by atoms with Gasteiger partial charge in [0.05, 0.1) is 27.8 Å². The zero-order valence-electron chi connectivity index (χ0n) is 47.7. The van der Waals surface area contributed by atoms with Crippen LogP contribution in [-0.4, -0.2) is 29.1 Å². The summed E-state index contributed by atoms with van der Waals surface area (Å²) in [6.07, 6.45) is 7.28. The van der Waals surface area contributed by atoms with Crippen LogP contribution in [0.25, 0.3) is 155 Å². The van der Waals surface area contributed by atoms with Gasteiger partial charge in [-0.3, -0.25) is 19.1 Å². The van der Waals surface area contributed by atoms with Crippen LogP contribution >= 0.6 is 0 Å². The predicted molar refractivity (Wildman–Crippen MR) is 358 cm³/mol. The van der Waals surface area contributed by atoms with E-state index in [-0.39, 0.29) is 0 Å². The lowest BCUT2D eigenvalue weighted by molar-refractivity contribution is 0.908. The summed E-state index contributed by atoms with van der Waals surface area (Å²) in [6, 6.07) is 95.5. The lowest BCUT2D eigenvalue weighted by Crippen LogP contribution is -2.00. The third kappa shape index (κ3) is 8.48. The first-order chi connectivity index (χ1) is 42.6. The molecule has 0 spiro atoms. The van der Waals surface area contributed by atoms with E-state index in [0.29, 0.717) is 0 Å². The summed E-state index contributed by atoms with van der Waals surface area (Å²) in [4.78, 5) is 19.2. The van der Waals surface area contributed by atoms with Gasteiger partial charge in [-0.1, -0.05) is 196 Å². The molecule has 6 nitrogen and oxygen atoms in total. The molecule has 0 bridgehead atoms. The average molecular weight is 1100 g/mol. The van der Waals surface area contributed by atoms with Crippen LogP contribution in [0.2, 0.25) is 0 Å². The first kappa shape index (κ1) is 50.6. The van der Waals surface area contributed by atoms with Crippen molar-refractivity contribution in [3.8, 4) is 89.4 Å². The van der Waals surface area contributed by atoms with Crippen molar-refractivity contribution in [1.82, 2.24) is 29.1 Å². The van der Waals surface area contributed by atoms with Crippen LogP contribution in [0.15, 0.2) is 279 Å². The monoisotopic (exact) mass is 1100 g/mol. The Bertz CT molecular complexity index is 4920. The molecule has 16 aromatic rings. The molecule has 0 aliphatic carbocycles. The fourth-order valence-corrected chi connectivity index (χ4v) is 13.4. The number of fused-ring (bicyclic) bond motifs is 6. The number of pyridine rings is 2. The Labute approximate surface area is 498 Å². The van der Waals surface area contributed by atoms with E-state index >= 15 is 0 Å². The Morgan fingerprint density at radius 3 is 1.10 bits per heavy atom.